The lowest BCUT2D eigenvalue weighted by Gasteiger charge is -2.05. The fraction of sp³-hybridized carbons (Fsp3) is 0.0588. The topological polar surface area (TPSA) is 64.7 Å². The number of pyridine rings is 1. The van der Waals surface area contributed by atoms with Crippen molar-refractivity contribution in [3.8, 4) is 22.6 Å². The number of aryl methyl sites for hydroxylation is 1. The summed E-state index contributed by atoms with van der Waals surface area (Å²) in [5.41, 5.74) is 3.90. The number of rotatable bonds is 2. The van der Waals surface area contributed by atoms with Crippen molar-refractivity contribution in [2.24, 2.45) is 0 Å². The molecule has 1 aromatic carbocycles. The highest BCUT2D eigenvalue weighted by molar-refractivity contribution is 5.92. The monoisotopic (exact) mass is 288 g/mol. The SMILES string of the molecule is Cc1noc2nc(-c3ccccc3)nc(-c3cccnc3)c12. The Morgan fingerprint density at radius 1 is 0.909 bits per heavy atom. The van der Waals surface area contributed by atoms with Crippen molar-refractivity contribution >= 4 is 11.1 Å². The zero-order valence-electron chi connectivity index (χ0n) is 11.9. The fourth-order valence-corrected chi connectivity index (χ4v) is 2.42. The lowest BCUT2D eigenvalue weighted by Crippen LogP contribution is -1.94. The largest absolute Gasteiger partial charge is 0.335 e. The zero-order chi connectivity index (χ0) is 14.9. The molecule has 0 fully saturated rings. The third-order valence-electron chi connectivity index (χ3n) is 3.47. The van der Waals surface area contributed by atoms with Gasteiger partial charge in [-0.1, -0.05) is 35.5 Å². The molecule has 0 unspecified atom stereocenters. The van der Waals surface area contributed by atoms with Crippen LogP contribution < -0.4 is 0 Å². The number of hydrogen-bond donors (Lipinski definition) is 0. The van der Waals surface area contributed by atoms with Crippen molar-refractivity contribution < 1.29 is 4.52 Å². The smallest absolute Gasteiger partial charge is 0.262 e. The molecule has 0 bridgehead atoms. The van der Waals surface area contributed by atoms with Gasteiger partial charge in [-0.3, -0.25) is 4.98 Å². The van der Waals surface area contributed by atoms with E-state index in [-0.39, 0.29) is 0 Å². The summed E-state index contributed by atoms with van der Waals surface area (Å²) in [5.74, 6) is 0.614. The van der Waals surface area contributed by atoms with Gasteiger partial charge in [-0.05, 0) is 19.1 Å². The van der Waals surface area contributed by atoms with Crippen molar-refractivity contribution in [1.29, 1.82) is 0 Å². The Morgan fingerprint density at radius 2 is 1.73 bits per heavy atom. The van der Waals surface area contributed by atoms with Crippen molar-refractivity contribution in [3.63, 3.8) is 0 Å². The predicted octanol–water partition coefficient (Wildman–Crippen LogP) is 3.66. The van der Waals surface area contributed by atoms with Gasteiger partial charge in [-0.15, -0.1) is 0 Å². The van der Waals surface area contributed by atoms with E-state index in [9.17, 15) is 0 Å². The zero-order valence-corrected chi connectivity index (χ0v) is 11.9. The first-order chi connectivity index (χ1) is 10.8. The molecule has 0 saturated carbocycles. The molecule has 106 valence electrons. The molecule has 3 heterocycles. The lowest BCUT2D eigenvalue weighted by atomic mass is 10.1. The summed E-state index contributed by atoms with van der Waals surface area (Å²) in [6.45, 7) is 1.89. The summed E-state index contributed by atoms with van der Waals surface area (Å²) in [4.78, 5) is 13.4. The van der Waals surface area contributed by atoms with Gasteiger partial charge in [-0.25, -0.2) is 4.98 Å². The molecule has 0 aliphatic carbocycles. The van der Waals surface area contributed by atoms with Crippen LogP contribution in [-0.4, -0.2) is 20.1 Å². The average molecular weight is 288 g/mol. The molecule has 3 aromatic heterocycles. The molecule has 0 amide bonds. The van der Waals surface area contributed by atoms with Crippen molar-refractivity contribution in [2.45, 2.75) is 6.92 Å². The first kappa shape index (κ1) is 12.6. The molecular weight excluding hydrogens is 276 g/mol. The fourth-order valence-electron chi connectivity index (χ4n) is 2.42. The second kappa shape index (κ2) is 5.04. The molecule has 0 spiro atoms. The molecule has 0 aliphatic heterocycles. The number of fused-ring (bicyclic) bond motifs is 1. The quantitative estimate of drug-likeness (QED) is 0.563. The normalized spacial score (nSPS) is 11.0. The van der Waals surface area contributed by atoms with Crippen LogP contribution in [0.4, 0.5) is 0 Å². The summed E-state index contributed by atoms with van der Waals surface area (Å²) in [5, 5.41) is 4.85. The highest BCUT2D eigenvalue weighted by Crippen LogP contribution is 2.30. The van der Waals surface area contributed by atoms with E-state index in [0.717, 1.165) is 27.9 Å². The standard InChI is InChI=1S/C17H12N4O/c1-11-14-15(13-8-5-9-18-10-13)19-16(20-17(14)22-21-11)12-6-3-2-4-7-12/h2-10H,1H3. The van der Waals surface area contributed by atoms with Gasteiger partial charge >= 0.3 is 0 Å². The molecule has 5 nitrogen and oxygen atoms in total. The van der Waals surface area contributed by atoms with E-state index in [1.54, 1.807) is 12.4 Å². The minimum Gasteiger partial charge on any atom is -0.335 e. The Labute approximate surface area is 126 Å². The molecule has 4 aromatic rings. The van der Waals surface area contributed by atoms with Crippen LogP contribution in [0.2, 0.25) is 0 Å². The van der Waals surface area contributed by atoms with Gasteiger partial charge in [0.2, 0.25) is 0 Å². The van der Waals surface area contributed by atoms with Gasteiger partial charge in [0, 0.05) is 23.5 Å². The Hall–Kier alpha value is -3.08. The first-order valence-corrected chi connectivity index (χ1v) is 6.93. The van der Waals surface area contributed by atoms with E-state index in [4.69, 9.17) is 9.51 Å². The molecule has 5 heteroatoms. The lowest BCUT2D eigenvalue weighted by molar-refractivity contribution is 0.443. The number of benzene rings is 1. The summed E-state index contributed by atoms with van der Waals surface area (Å²) in [7, 11) is 0. The first-order valence-electron chi connectivity index (χ1n) is 6.93. The molecular formula is C17H12N4O. The Morgan fingerprint density at radius 3 is 2.50 bits per heavy atom. The van der Waals surface area contributed by atoms with Crippen LogP contribution in [0.5, 0.6) is 0 Å². The molecule has 22 heavy (non-hydrogen) atoms. The maximum absolute atomic E-state index is 5.35. The van der Waals surface area contributed by atoms with Crippen LogP contribution >= 0.6 is 0 Å². The van der Waals surface area contributed by atoms with Gasteiger partial charge in [0.25, 0.3) is 5.71 Å². The van der Waals surface area contributed by atoms with E-state index in [0.29, 0.717) is 11.5 Å². The Bertz CT molecular complexity index is 933. The second-order valence-corrected chi connectivity index (χ2v) is 4.95. The van der Waals surface area contributed by atoms with Crippen LogP contribution in [0.3, 0.4) is 0 Å². The van der Waals surface area contributed by atoms with Crippen molar-refractivity contribution in [1.82, 2.24) is 20.1 Å². The number of hydrogen-bond acceptors (Lipinski definition) is 5. The van der Waals surface area contributed by atoms with E-state index in [1.165, 1.54) is 0 Å². The Balaban J connectivity index is 2.03. The number of nitrogens with zero attached hydrogens (tertiary/aromatic N) is 4. The maximum atomic E-state index is 5.35. The van der Waals surface area contributed by atoms with Gasteiger partial charge in [0.15, 0.2) is 5.82 Å². The van der Waals surface area contributed by atoms with Gasteiger partial charge in [0.05, 0.1) is 16.8 Å². The van der Waals surface area contributed by atoms with Crippen LogP contribution in [0, 0.1) is 6.92 Å². The van der Waals surface area contributed by atoms with Crippen LogP contribution in [0.25, 0.3) is 33.7 Å². The second-order valence-electron chi connectivity index (χ2n) is 4.95. The van der Waals surface area contributed by atoms with E-state index in [1.807, 2.05) is 49.4 Å². The predicted molar refractivity (Wildman–Crippen MR) is 83.0 cm³/mol. The van der Waals surface area contributed by atoms with E-state index < -0.39 is 0 Å². The maximum Gasteiger partial charge on any atom is 0.262 e. The molecule has 0 radical (unpaired) electrons. The summed E-state index contributed by atoms with van der Waals surface area (Å²) in [6.07, 6.45) is 3.52. The van der Waals surface area contributed by atoms with E-state index in [2.05, 4.69) is 15.1 Å². The van der Waals surface area contributed by atoms with Crippen LogP contribution in [-0.2, 0) is 0 Å². The number of aromatic nitrogens is 4. The van der Waals surface area contributed by atoms with Crippen molar-refractivity contribution in [2.75, 3.05) is 0 Å². The van der Waals surface area contributed by atoms with E-state index >= 15 is 0 Å². The molecule has 0 atom stereocenters. The third-order valence-corrected chi connectivity index (χ3v) is 3.47. The molecule has 0 aliphatic rings. The third kappa shape index (κ3) is 2.03. The van der Waals surface area contributed by atoms with Crippen LogP contribution in [0.15, 0.2) is 59.4 Å². The average Bonchev–Trinajstić information content (AvgIpc) is 2.97. The minimum absolute atomic E-state index is 0.491. The molecule has 4 rings (SSSR count). The molecule has 0 saturated heterocycles. The highest BCUT2D eigenvalue weighted by Gasteiger charge is 2.17. The summed E-state index contributed by atoms with van der Waals surface area (Å²) >= 11 is 0. The van der Waals surface area contributed by atoms with Gasteiger partial charge < -0.3 is 4.52 Å². The van der Waals surface area contributed by atoms with Gasteiger partial charge in [0.1, 0.15) is 0 Å². The molecule has 0 N–H and O–H groups in total. The Kier molecular flexibility index (Phi) is 2.89. The van der Waals surface area contributed by atoms with Gasteiger partial charge in [-0.2, -0.15) is 4.98 Å². The summed E-state index contributed by atoms with van der Waals surface area (Å²) < 4.78 is 5.35. The van der Waals surface area contributed by atoms with Crippen molar-refractivity contribution in [3.05, 3.63) is 60.6 Å². The highest BCUT2D eigenvalue weighted by atomic mass is 16.5. The summed E-state index contributed by atoms with van der Waals surface area (Å²) in [6, 6.07) is 13.7. The van der Waals surface area contributed by atoms with Crippen LogP contribution in [0.1, 0.15) is 5.69 Å². The minimum atomic E-state index is 0.491.